The van der Waals surface area contributed by atoms with E-state index in [1.54, 1.807) is 42.5 Å². The lowest BCUT2D eigenvalue weighted by Crippen LogP contribution is -2.39. The lowest BCUT2D eigenvalue weighted by Gasteiger charge is -2.24. The van der Waals surface area contributed by atoms with E-state index in [4.69, 9.17) is 18.9 Å². The molecular weight excluding hydrogens is 498 g/mol. The summed E-state index contributed by atoms with van der Waals surface area (Å²) in [7, 11) is 1.87. The third-order valence-electron chi connectivity index (χ3n) is 5.33. The Hall–Kier alpha value is -4.25. The summed E-state index contributed by atoms with van der Waals surface area (Å²) in [6.45, 7) is 1.34. The van der Waals surface area contributed by atoms with Crippen molar-refractivity contribution in [1.29, 1.82) is 0 Å². The molecule has 3 rings (SSSR count). The predicted octanol–water partition coefficient (Wildman–Crippen LogP) is 3.38. The van der Waals surface area contributed by atoms with Gasteiger partial charge in [-0.2, -0.15) is 5.10 Å². The Bertz CT molecular complexity index is 1350. The van der Waals surface area contributed by atoms with E-state index in [0.717, 1.165) is 9.87 Å². The van der Waals surface area contributed by atoms with E-state index in [-0.39, 0.29) is 10.6 Å². The van der Waals surface area contributed by atoms with Gasteiger partial charge in [0.2, 0.25) is 5.75 Å². The number of methoxy groups -OCH3 is 4. The average Bonchev–Trinajstić information content (AvgIpc) is 2.91. The van der Waals surface area contributed by atoms with E-state index < -0.39 is 22.5 Å². The summed E-state index contributed by atoms with van der Waals surface area (Å²) in [4.78, 5) is 12.9. The second-order valence-electron chi connectivity index (χ2n) is 7.78. The molecule has 10 nitrogen and oxygen atoms in total. The lowest BCUT2D eigenvalue weighted by molar-refractivity contribution is -0.119. The summed E-state index contributed by atoms with van der Waals surface area (Å²) in [6, 6.07) is 16.1. The molecule has 3 aromatic rings. The number of sulfonamides is 1. The second kappa shape index (κ2) is 12.1. The highest BCUT2D eigenvalue weighted by atomic mass is 32.2. The van der Waals surface area contributed by atoms with Crippen LogP contribution in [0.4, 0.5) is 5.69 Å². The quantitative estimate of drug-likeness (QED) is 0.300. The van der Waals surface area contributed by atoms with Crippen molar-refractivity contribution in [2.24, 2.45) is 5.10 Å². The molecule has 0 bridgehead atoms. The van der Waals surface area contributed by atoms with Gasteiger partial charge >= 0.3 is 0 Å². The zero-order valence-electron chi connectivity index (χ0n) is 21.2. The van der Waals surface area contributed by atoms with E-state index in [1.165, 1.54) is 52.9 Å². The van der Waals surface area contributed by atoms with E-state index in [2.05, 4.69) is 10.5 Å². The molecule has 0 radical (unpaired) electrons. The number of rotatable bonds is 11. The van der Waals surface area contributed by atoms with Gasteiger partial charge in [-0.1, -0.05) is 23.8 Å². The standard InChI is InChI=1S/C26H29N3O7S/c1-18-9-11-22(12-10-18)37(31,32)29(20-7-6-8-21(15-20)33-2)17-25(30)28-27-16-19-13-23(34-3)26(36-5)24(14-19)35-4/h6-16H,17H2,1-5H3,(H,28,30)/b27-16-. The van der Waals surface area contributed by atoms with E-state index >= 15 is 0 Å². The maximum absolute atomic E-state index is 13.5. The van der Waals surface area contributed by atoms with Gasteiger partial charge in [0.25, 0.3) is 15.9 Å². The number of aryl methyl sites for hydroxylation is 1. The van der Waals surface area contributed by atoms with Crippen LogP contribution in [0, 0.1) is 6.92 Å². The number of hydrazone groups is 1. The summed E-state index contributed by atoms with van der Waals surface area (Å²) in [6.07, 6.45) is 1.38. The third-order valence-corrected chi connectivity index (χ3v) is 7.12. The smallest absolute Gasteiger partial charge is 0.264 e. The van der Waals surface area contributed by atoms with Crippen LogP contribution < -0.4 is 28.7 Å². The van der Waals surface area contributed by atoms with Gasteiger partial charge in [-0.25, -0.2) is 13.8 Å². The SMILES string of the molecule is COc1cccc(N(CC(=O)N/N=C\c2cc(OC)c(OC)c(OC)c2)S(=O)(=O)c2ccc(C)cc2)c1. The molecule has 0 saturated carbocycles. The van der Waals surface area contributed by atoms with Gasteiger partial charge in [0.05, 0.1) is 45.2 Å². The van der Waals surface area contributed by atoms with Crippen molar-refractivity contribution >= 4 is 27.8 Å². The van der Waals surface area contributed by atoms with Gasteiger partial charge in [-0.05, 0) is 43.3 Å². The molecule has 0 fully saturated rings. The molecule has 3 aromatic carbocycles. The maximum Gasteiger partial charge on any atom is 0.264 e. The minimum atomic E-state index is -4.08. The maximum atomic E-state index is 13.5. The Labute approximate surface area is 216 Å². The van der Waals surface area contributed by atoms with Crippen molar-refractivity contribution in [2.45, 2.75) is 11.8 Å². The summed E-state index contributed by atoms with van der Waals surface area (Å²) in [5.74, 6) is 1.05. The first-order valence-corrected chi connectivity index (χ1v) is 12.5. The number of nitrogens with one attached hydrogen (secondary N) is 1. The number of benzene rings is 3. The molecule has 0 aromatic heterocycles. The molecule has 0 atom stereocenters. The van der Waals surface area contributed by atoms with Crippen LogP contribution in [0.25, 0.3) is 0 Å². The van der Waals surface area contributed by atoms with Crippen molar-refractivity contribution < 1.29 is 32.2 Å². The van der Waals surface area contributed by atoms with E-state index in [1.807, 2.05) is 6.92 Å². The van der Waals surface area contributed by atoms with Crippen molar-refractivity contribution in [3.8, 4) is 23.0 Å². The zero-order chi connectivity index (χ0) is 27.0. The fourth-order valence-electron chi connectivity index (χ4n) is 3.44. The first kappa shape index (κ1) is 27.3. The van der Waals surface area contributed by atoms with Gasteiger partial charge in [-0.3, -0.25) is 9.10 Å². The van der Waals surface area contributed by atoms with Crippen LogP contribution in [0.3, 0.4) is 0 Å². The van der Waals surface area contributed by atoms with Crippen molar-refractivity contribution in [3.05, 3.63) is 71.8 Å². The van der Waals surface area contributed by atoms with Crippen LogP contribution in [-0.2, 0) is 14.8 Å². The van der Waals surface area contributed by atoms with E-state index in [0.29, 0.717) is 28.6 Å². The third kappa shape index (κ3) is 6.50. The highest BCUT2D eigenvalue weighted by Gasteiger charge is 2.27. The van der Waals surface area contributed by atoms with Gasteiger partial charge in [0.1, 0.15) is 12.3 Å². The number of ether oxygens (including phenoxy) is 4. The fraction of sp³-hybridized carbons (Fsp3) is 0.231. The number of carbonyl (C=O) groups is 1. The van der Waals surface area contributed by atoms with Crippen LogP contribution in [0.5, 0.6) is 23.0 Å². The van der Waals surface area contributed by atoms with Crippen LogP contribution in [0.15, 0.2) is 70.7 Å². The minimum Gasteiger partial charge on any atom is -0.497 e. The highest BCUT2D eigenvalue weighted by molar-refractivity contribution is 7.92. The van der Waals surface area contributed by atoms with Gasteiger partial charge in [0, 0.05) is 11.6 Å². The Kier molecular flexibility index (Phi) is 8.96. The molecule has 0 unspecified atom stereocenters. The summed E-state index contributed by atoms with van der Waals surface area (Å²) in [5.41, 5.74) is 4.11. The Morgan fingerprint density at radius 3 is 2.14 bits per heavy atom. The number of anilines is 1. The Morgan fingerprint density at radius 1 is 0.919 bits per heavy atom. The number of carbonyl (C=O) groups excluding carboxylic acids is 1. The molecule has 0 aliphatic rings. The molecule has 37 heavy (non-hydrogen) atoms. The lowest BCUT2D eigenvalue weighted by atomic mass is 10.2. The minimum absolute atomic E-state index is 0.0506. The summed E-state index contributed by atoms with van der Waals surface area (Å²) < 4.78 is 49.2. The van der Waals surface area contributed by atoms with Crippen molar-refractivity contribution in [3.63, 3.8) is 0 Å². The first-order chi connectivity index (χ1) is 17.7. The molecule has 0 aliphatic heterocycles. The Balaban J connectivity index is 1.86. The van der Waals surface area contributed by atoms with Crippen LogP contribution in [0.1, 0.15) is 11.1 Å². The second-order valence-corrected chi connectivity index (χ2v) is 9.64. The summed E-state index contributed by atoms with van der Waals surface area (Å²) in [5, 5.41) is 3.97. The van der Waals surface area contributed by atoms with Crippen LogP contribution in [-0.4, -0.2) is 55.5 Å². The molecule has 0 spiro atoms. The number of hydrogen-bond donors (Lipinski definition) is 1. The normalized spacial score (nSPS) is 11.2. The molecule has 196 valence electrons. The average molecular weight is 528 g/mol. The van der Waals surface area contributed by atoms with Gasteiger partial charge in [-0.15, -0.1) is 0 Å². The van der Waals surface area contributed by atoms with Crippen molar-refractivity contribution in [2.75, 3.05) is 39.3 Å². The molecular formula is C26H29N3O7S. The predicted molar refractivity (Wildman–Crippen MR) is 141 cm³/mol. The largest absolute Gasteiger partial charge is 0.497 e. The molecule has 0 aliphatic carbocycles. The number of amides is 1. The first-order valence-electron chi connectivity index (χ1n) is 11.1. The van der Waals surface area contributed by atoms with Crippen LogP contribution >= 0.6 is 0 Å². The van der Waals surface area contributed by atoms with Crippen molar-refractivity contribution in [1.82, 2.24) is 5.43 Å². The van der Waals surface area contributed by atoms with Gasteiger partial charge < -0.3 is 18.9 Å². The Morgan fingerprint density at radius 2 is 1.57 bits per heavy atom. The fourth-order valence-corrected chi connectivity index (χ4v) is 4.85. The zero-order valence-corrected chi connectivity index (χ0v) is 22.0. The van der Waals surface area contributed by atoms with Gasteiger partial charge in [0.15, 0.2) is 11.5 Å². The molecule has 0 saturated heterocycles. The molecule has 1 amide bonds. The molecule has 0 heterocycles. The highest BCUT2D eigenvalue weighted by Crippen LogP contribution is 2.37. The summed E-state index contributed by atoms with van der Waals surface area (Å²) >= 11 is 0. The van der Waals surface area contributed by atoms with Crippen LogP contribution in [0.2, 0.25) is 0 Å². The number of hydrogen-bond acceptors (Lipinski definition) is 8. The van der Waals surface area contributed by atoms with E-state index in [9.17, 15) is 13.2 Å². The number of nitrogens with zero attached hydrogens (tertiary/aromatic N) is 2. The molecule has 1 N–H and O–H groups in total. The topological polar surface area (TPSA) is 116 Å². The molecule has 11 heteroatoms. The monoisotopic (exact) mass is 527 g/mol.